The predicted molar refractivity (Wildman–Crippen MR) is 131 cm³/mol. The van der Waals surface area contributed by atoms with E-state index < -0.39 is 65.2 Å². The molecular weight excluding hydrogens is 554 g/mol. The highest BCUT2D eigenvalue weighted by Gasteiger charge is 2.44. The van der Waals surface area contributed by atoms with Gasteiger partial charge in [-0.2, -0.15) is 4.68 Å². The number of benzene rings is 1. The lowest BCUT2D eigenvalue weighted by atomic mass is 9.92. The van der Waals surface area contributed by atoms with Gasteiger partial charge in [-0.25, -0.2) is 23.4 Å². The zero-order chi connectivity index (χ0) is 28.6. The molecule has 2 atom stereocenters. The summed E-state index contributed by atoms with van der Waals surface area (Å²) in [5.41, 5.74) is -0.480. The lowest BCUT2D eigenvalue weighted by Gasteiger charge is -2.33. The Hall–Kier alpha value is -4.59. The number of hydrogen-bond donors (Lipinski definition) is 0. The third kappa shape index (κ3) is 4.81. The molecule has 0 unspecified atom stereocenters. The fourth-order valence-corrected chi connectivity index (χ4v) is 5.03. The molecule has 0 bridgehead atoms. The van der Waals surface area contributed by atoms with Gasteiger partial charge in [-0.15, -0.1) is 5.10 Å². The average Bonchev–Trinajstić information content (AvgIpc) is 3.63. The van der Waals surface area contributed by atoms with E-state index in [2.05, 4.69) is 25.2 Å². The second-order valence-corrected chi connectivity index (χ2v) is 9.33. The minimum Gasteiger partial charge on any atom is -0.464 e. The van der Waals surface area contributed by atoms with E-state index in [4.69, 9.17) is 16.3 Å². The Morgan fingerprint density at radius 3 is 2.67 bits per heavy atom. The van der Waals surface area contributed by atoms with E-state index in [-0.39, 0.29) is 29.1 Å². The largest absolute Gasteiger partial charge is 0.464 e. The summed E-state index contributed by atoms with van der Waals surface area (Å²) in [4.78, 5) is 55.1. The quantitative estimate of drug-likeness (QED) is 0.305. The number of tetrazole rings is 1. The maximum absolute atomic E-state index is 15.2. The van der Waals surface area contributed by atoms with Crippen molar-refractivity contribution in [3.63, 3.8) is 0 Å². The number of ether oxygens (including phenoxy) is 2. The summed E-state index contributed by atoms with van der Waals surface area (Å²) in [5, 5.41) is 10.8. The van der Waals surface area contributed by atoms with Crippen molar-refractivity contribution in [1.29, 1.82) is 0 Å². The van der Waals surface area contributed by atoms with Crippen LogP contribution in [0.15, 0.2) is 36.8 Å². The molecule has 0 radical (unpaired) electrons. The summed E-state index contributed by atoms with van der Waals surface area (Å²) in [6.45, 7) is -0.826. The first-order chi connectivity index (χ1) is 19.2. The monoisotopic (exact) mass is 572 g/mol. The molecule has 1 aromatic carbocycles. The second-order valence-electron chi connectivity index (χ2n) is 8.92. The van der Waals surface area contributed by atoms with Gasteiger partial charge in [0.15, 0.2) is 23.9 Å². The first-order valence-corrected chi connectivity index (χ1v) is 12.3. The molecule has 15 heteroatoms. The molecule has 40 heavy (non-hydrogen) atoms. The standard InChI is InChI=1S/C25H19ClF2N6O6/c1-39-25(38)23-21(27)14(6-7-29-23)18(35)10-40-24(37)17-4-2-13-8-12(9-19(36)34(13)17)20-16(33-11-30-31-32-33)5-3-15(26)22(20)28/h3,5-7,9,11,13,17H,2,4,8,10H2,1H3/t13-,17+/m0/s1. The van der Waals surface area contributed by atoms with Gasteiger partial charge in [0.05, 0.1) is 23.4 Å². The highest BCUT2D eigenvalue weighted by Crippen LogP contribution is 2.40. The Morgan fingerprint density at radius 2 is 1.95 bits per heavy atom. The Bertz CT molecular complexity index is 1560. The van der Waals surface area contributed by atoms with Gasteiger partial charge in [0.1, 0.15) is 12.4 Å². The zero-order valence-electron chi connectivity index (χ0n) is 20.7. The van der Waals surface area contributed by atoms with Crippen LogP contribution >= 0.6 is 11.6 Å². The Kier molecular flexibility index (Phi) is 7.34. The van der Waals surface area contributed by atoms with Crippen LogP contribution in [0.2, 0.25) is 5.02 Å². The zero-order valence-corrected chi connectivity index (χ0v) is 21.5. The molecule has 0 spiro atoms. The third-order valence-corrected chi connectivity index (χ3v) is 6.98. The van der Waals surface area contributed by atoms with Crippen LogP contribution < -0.4 is 0 Å². The van der Waals surface area contributed by atoms with Crippen molar-refractivity contribution in [2.45, 2.75) is 31.3 Å². The van der Waals surface area contributed by atoms with Crippen molar-refractivity contribution >= 4 is 40.8 Å². The number of rotatable bonds is 7. The summed E-state index contributed by atoms with van der Waals surface area (Å²) in [6, 6.07) is 2.47. The number of hydrogen-bond acceptors (Lipinski definition) is 10. The van der Waals surface area contributed by atoms with Crippen molar-refractivity contribution < 1.29 is 37.4 Å². The molecule has 2 aliphatic heterocycles. The van der Waals surface area contributed by atoms with Crippen LogP contribution in [0.5, 0.6) is 0 Å². The number of fused-ring (bicyclic) bond motifs is 1. The van der Waals surface area contributed by atoms with Gasteiger partial charge in [0.25, 0.3) is 0 Å². The minimum absolute atomic E-state index is 0.0649. The molecule has 2 aromatic heterocycles. The number of amides is 1. The molecule has 3 aromatic rings. The molecule has 206 valence electrons. The lowest BCUT2D eigenvalue weighted by Crippen LogP contribution is -2.47. The molecule has 1 saturated heterocycles. The summed E-state index contributed by atoms with van der Waals surface area (Å²) in [5.74, 6) is -5.33. The Morgan fingerprint density at radius 1 is 1.15 bits per heavy atom. The number of halogens is 3. The van der Waals surface area contributed by atoms with Crippen LogP contribution in [-0.4, -0.2) is 79.5 Å². The topological polar surface area (TPSA) is 146 Å². The Labute approximate surface area is 229 Å². The number of carbonyl (C=O) groups excluding carboxylic acids is 4. The molecule has 4 heterocycles. The normalized spacial score (nSPS) is 18.2. The van der Waals surface area contributed by atoms with E-state index in [0.717, 1.165) is 19.4 Å². The molecular formula is C25H19ClF2N6O6. The van der Waals surface area contributed by atoms with Gasteiger partial charge in [-0.1, -0.05) is 11.6 Å². The number of Topliss-reactive ketones (excluding diaryl/α,β-unsaturated/α-hetero) is 1. The van der Waals surface area contributed by atoms with Crippen molar-refractivity contribution in [3.8, 4) is 5.69 Å². The number of esters is 2. The van der Waals surface area contributed by atoms with E-state index in [1.807, 2.05) is 0 Å². The number of pyridine rings is 1. The summed E-state index contributed by atoms with van der Waals surface area (Å²) < 4.78 is 40.6. The SMILES string of the molecule is COC(=O)c1nccc(C(=O)COC(=O)[C@H]2CC[C@H]3CC(c4c(-n5cnnn5)ccc(Cl)c4F)=CC(=O)N32)c1F. The van der Waals surface area contributed by atoms with Crippen LogP contribution in [0.3, 0.4) is 0 Å². The molecule has 0 N–H and O–H groups in total. The summed E-state index contributed by atoms with van der Waals surface area (Å²) in [7, 11) is 1.04. The summed E-state index contributed by atoms with van der Waals surface area (Å²) in [6.07, 6.45) is 4.39. The second kappa shape index (κ2) is 10.9. The van der Waals surface area contributed by atoms with Crippen LogP contribution in [0.1, 0.15) is 45.7 Å². The van der Waals surface area contributed by atoms with Gasteiger partial charge in [0.2, 0.25) is 11.7 Å². The van der Waals surface area contributed by atoms with Crippen LogP contribution in [0, 0.1) is 11.6 Å². The van der Waals surface area contributed by atoms with E-state index >= 15 is 4.39 Å². The number of methoxy groups -OCH3 is 1. The number of aromatic nitrogens is 5. The molecule has 0 saturated carbocycles. The van der Waals surface area contributed by atoms with Crippen LogP contribution in [0.4, 0.5) is 8.78 Å². The average molecular weight is 573 g/mol. The number of ketones is 1. The summed E-state index contributed by atoms with van der Waals surface area (Å²) >= 11 is 6.03. The van der Waals surface area contributed by atoms with Gasteiger partial charge in [0, 0.05) is 23.9 Å². The first-order valence-electron chi connectivity index (χ1n) is 11.9. The molecule has 2 aliphatic rings. The lowest BCUT2D eigenvalue weighted by molar-refractivity contribution is -0.152. The van der Waals surface area contributed by atoms with Crippen molar-refractivity contribution in [1.82, 2.24) is 30.1 Å². The van der Waals surface area contributed by atoms with Crippen molar-refractivity contribution in [2.75, 3.05) is 13.7 Å². The maximum Gasteiger partial charge on any atom is 0.359 e. The Balaban J connectivity index is 1.32. The van der Waals surface area contributed by atoms with E-state index in [0.29, 0.717) is 12.0 Å². The number of carbonyl (C=O) groups is 4. The highest BCUT2D eigenvalue weighted by molar-refractivity contribution is 6.31. The van der Waals surface area contributed by atoms with Gasteiger partial charge < -0.3 is 14.4 Å². The van der Waals surface area contributed by atoms with Crippen LogP contribution in [-0.2, 0) is 19.1 Å². The van der Waals surface area contributed by atoms with Gasteiger partial charge in [-0.3, -0.25) is 9.59 Å². The highest BCUT2D eigenvalue weighted by atomic mass is 35.5. The third-order valence-electron chi connectivity index (χ3n) is 6.69. The number of nitrogens with zero attached hydrogens (tertiary/aromatic N) is 6. The van der Waals surface area contributed by atoms with E-state index in [9.17, 15) is 23.6 Å². The van der Waals surface area contributed by atoms with Crippen molar-refractivity contribution in [2.24, 2.45) is 0 Å². The maximum atomic E-state index is 15.2. The smallest absolute Gasteiger partial charge is 0.359 e. The van der Waals surface area contributed by atoms with E-state index in [1.54, 1.807) is 0 Å². The predicted octanol–water partition coefficient (Wildman–Crippen LogP) is 2.35. The van der Waals surface area contributed by atoms with Crippen molar-refractivity contribution in [3.05, 3.63) is 70.3 Å². The van der Waals surface area contributed by atoms with Gasteiger partial charge in [-0.05, 0) is 53.5 Å². The molecule has 5 rings (SSSR count). The fourth-order valence-electron chi connectivity index (χ4n) is 4.88. The molecule has 1 fully saturated rings. The molecule has 0 aliphatic carbocycles. The minimum atomic E-state index is -1.20. The van der Waals surface area contributed by atoms with Crippen LogP contribution in [0.25, 0.3) is 11.3 Å². The fraction of sp³-hybridized carbons (Fsp3) is 0.280. The van der Waals surface area contributed by atoms with E-state index in [1.165, 1.54) is 34.1 Å². The molecule has 1 amide bonds. The molecule has 12 nitrogen and oxygen atoms in total. The first kappa shape index (κ1) is 27.0. The van der Waals surface area contributed by atoms with Gasteiger partial charge >= 0.3 is 11.9 Å².